The van der Waals surface area contributed by atoms with Crippen molar-refractivity contribution in [1.82, 2.24) is 5.32 Å². The van der Waals surface area contributed by atoms with E-state index in [0.717, 1.165) is 16.9 Å². The first-order valence-electron chi connectivity index (χ1n) is 7.86. The SMILES string of the molecule is CC(CC(O)c1cccs1)NC(=O)C1OCCc2ccccc21. The van der Waals surface area contributed by atoms with Crippen molar-refractivity contribution >= 4 is 17.2 Å². The Morgan fingerprint density at radius 2 is 2.22 bits per heavy atom. The molecule has 23 heavy (non-hydrogen) atoms. The van der Waals surface area contributed by atoms with Crippen molar-refractivity contribution in [3.05, 3.63) is 57.8 Å². The molecule has 3 atom stereocenters. The lowest BCUT2D eigenvalue weighted by atomic mass is 9.97. The summed E-state index contributed by atoms with van der Waals surface area (Å²) in [5, 5.41) is 15.1. The molecule has 3 rings (SSSR count). The molecule has 122 valence electrons. The van der Waals surface area contributed by atoms with Gasteiger partial charge in [-0.25, -0.2) is 0 Å². The van der Waals surface area contributed by atoms with Gasteiger partial charge in [0.25, 0.3) is 5.91 Å². The van der Waals surface area contributed by atoms with Gasteiger partial charge in [-0.3, -0.25) is 4.79 Å². The number of ether oxygens (including phenoxy) is 1. The Morgan fingerprint density at radius 1 is 1.39 bits per heavy atom. The van der Waals surface area contributed by atoms with E-state index < -0.39 is 12.2 Å². The average molecular weight is 331 g/mol. The molecule has 4 nitrogen and oxygen atoms in total. The van der Waals surface area contributed by atoms with Crippen molar-refractivity contribution in [3.8, 4) is 0 Å². The Morgan fingerprint density at radius 3 is 3.00 bits per heavy atom. The highest BCUT2D eigenvalue weighted by Gasteiger charge is 2.28. The largest absolute Gasteiger partial charge is 0.387 e. The number of carbonyl (C=O) groups is 1. The molecule has 0 aliphatic carbocycles. The summed E-state index contributed by atoms with van der Waals surface area (Å²) >= 11 is 1.52. The summed E-state index contributed by atoms with van der Waals surface area (Å²) in [6.45, 7) is 2.46. The zero-order valence-electron chi connectivity index (χ0n) is 13.1. The fourth-order valence-electron chi connectivity index (χ4n) is 2.92. The molecule has 2 heterocycles. The van der Waals surface area contributed by atoms with Crippen LogP contribution in [-0.2, 0) is 16.0 Å². The molecule has 2 aromatic rings. The maximum absolute atomic E-state index is 12.5. The summed E-state index contributed by atoms with van der Waals surface area (Å²) in [6, 6.07) is 11.6. The van der Waals surface area contributed by atoms with E-state index in [0.29, 0.717) is 13.0 Å². The number of thiophene rings is 1. The molecule has 1 aromatic carbocycles. The van der Waals surface area contributed by atoms with Gasteiger partial charge in [-0.1, -0.05) is 30.3 Å². The monoisotopic (exact) mass is 331 g/mol. The Bertz CT molecular complexity index is 656. The van der Waals surface area contributed by atoms with Gasteiger partial charge in [-0.15, -0.1) is 11.3 Å². The fourth-order valence-corrected chi connectivity index (χ4v) is 3.65. The fraction of sp³-hybridized carbons (Fsp3) is 0.389. The molecular weight excluding hydrogens is 310 g/mol. The van der Waals surface area contributed by atoms with Crippen LogP contribution in [0.5, 0.6) is 0 Å². The maximum Gasteiger partial charge on any atom is 0.253 e. The minimum absolute atomic E-state index is 0.128. The van der Waals surface area contributed by atoms with Crippen molar-refractivity contribution in [3.63, 3.8) is 0 Å². The van der Waals surface area contributed by atoms with Gasteiger partial charge in [0.05, 0.1) is 12.7 Å². The van der Waals surface area contributed by atoms with Crippen LogP contribution in [-0.4, -0.2) is 23.7 Å². The van der Waals surface area contributed by atoms with Crippen LogP contribution in [0.25, 0.3) is 0 Å². The molecular formula is C18H21NO3S. The highest BCUT2D eigenvalue weighted by atomic mass is 32.1. The van der Waals surface area contributed by atoms with Crippen LogP contribution in [0.1, 0.15) is 41.6 Å². The number of hydrogen-bond acceptors (Lipinski definition) is 4. The van der Waals surface area contributed by atoms with Crippen molar-refractivity contribution in [2.45, 2.75) is 38.0 Å². The number of carbonyl (C=O) groups excluding carboxylic acids is 1. The van der Waals surface area contributed by atoms with Crippen LogP contribution in [0.3, 0.4) is 0 Å². The van der Waals surface area contributed by atoms with E-state index in [1.807, 2.05) is 48.7 Å². The summed E-state index contributed by atoms with van der Waals surface area (Å²) in [4.78, 5) is 13.4. The van der Waals surface area contributed by atoms with Crippen LogP contribution < -0.4 is 5.32 Å². The summed E-state index contributed by atoms with van der Waals surface area (Å²) < 4.78 is 5.67. The first-order chi connectivity index (χ1) is 11.1. The smallest absolute Gasteiger partial charge is 0.253 e. The Balaban J connectivity index is 1.61. The van der Waals surface area contributed by atoms with Crippen molar-refractivity contribution in [2.75, 3.05) is 6.61 Å². The van der Waals surface area contributed by atoms with E-state index in [4.69, 9.17) is 4.74 Å². The molecule has 1 aromatic heterocycles. The quantitative estimate of drug-likeness (QED) is 0.885. The van der Waals surface area contributed by atoms with Crippen LogP contribution in [0.15, 0.2) is 41.8 Å². The summed E-state index contributed by atoms with van der Waals surface area (Å²) in [5.74, 6) is -0.136. The first kappa shape index (κ1) is 16.2. The predicted molar refractivity (Wildman–Crippen MR) is 90.3 cm³/mol. The second kappa shape index (κ2) is 7.25. The summed E-state index contributed by atoms with van der Waals surface area (Å²) in [5.41, 5.74) is 2.12. The van der Waals surface area contributed by atoms with E-state index in [2.05, 4.69) is 5.32 Å². The molecule has 1 aliphatic heterocycles. The number of hydrogen-bond donors (Lipinski definition) is 2. The Labute approximate surface area is 140 Å². The zero-order chi connectivity index (χ0) is 16.2. The van der Waals surface area contributed by atoms with E-state index in [1.165, 1.54) is 16.9 Å². The molecule has 1 aliphatic rings. The average Bonchev–Trinajstić information content (AvgIpc) is 3.08. The number of nitrogens with one attached hydrogen (secondary N) is 1. The van der Waals surface area contributed by atoms with Gasteiger partial charge in [0, 0.05) is 10.9 Å². The highest BCUT2D eigenvalue weighted by Crippen LogP contribution is 2.28. The lowest BCUT2D eigenvalue weighted by Gasteiger charge is -2.27. The van der Waals surface area contributed by atoms with Gasteiger partial charge in [-0.2, -0.15) is 0 Å². The number of aliphatic hydroxyl groups is 1. The predicted octanol–water partition coefficient (Wildman–Crippen LogP) is 2.99. The molecule has 0 saturated heterocycles. The van der Waals surface area contributed by atoms with E-state index in [-0.39, 0.29) is 11.9 Å². The molecule has 3 unspecified atom stereocenters. The van der Waals surface area contributed by atoms with Crippen LogP contribution in [0.2, 0.25) is 0 Å². The van der Waals surface area contributed by atoms with E-state index >= 15 is 0 Å². The first-order valence-corrected chi connectivity index (χ1v) is 8.74. The molecule has 0 saturated carbocycles. The van der Waals surface area contributed by atoms with E-state index in [9.17, 15) is 9.90 Å². The Kier molecular flexibility index (Phi) is 5.10. The second-order valence-electron chi connectivity index (χ2n) is 5.88. The molecule has 0 bridgehead atoms. The third-order valence-corrected chi connectivity index (χ3v) is 5.04. The third kappa shape index (κ3) is 3.80. The number of benzene rings is 1. The van der Waals surface area contributed by atoms with Crippen molar-refractivity contribution in [2.24, 2.45) is 0 Å². The lowest BCUT2D eigenvalue weighted by molar-refractivity contribution is -0.134. The van der Waals surface area contributed by atoms with Gasteiger partial charge < -0.3 is 15.2 Å². The van der Waals surface area contributed by atoms with Gasteiger partial charge in [-0.05, 0) is 42.3 Å². The van der Waals surface area contributed by atoms with Crippen LogP contribution in [0.4, 0.5) is 0 Å². The topological polar surface area (TPSA) is 58.6 Å². The van der Waals surface area contributed by atoms with Gasteiger partial charge in [0.15, 0.2) is 6.10 Å². The summed E-state index contributed by atoms with van der Waals surface area (Å²) in [6.07, 6.45) is 0.221. The van der Waals surface area contributed by atoms with E-state index in [1.54, 1.807) is 0 Å². The number of fused-ring (bicyclic) bond motifs is 1. The lowest BCUT2D eigenvalue weighted by Crippen LogP contribution is -2.39. The molecule has 0 fully saturated rings. The highest BCUT2D eigenvalue weighted by molar-refractivity contribution is 7.10. The molecule has 5 heteroatoms. The standard InChI is InChI=1S/C18H21NO3S/c1-12(11-15(20)16-7-4-10-23-16)19-18(21)17-14-6-3-2-5-13(14)8-9-22-17/h2-7,10,12,15,17,20H,8-9,11H2,1H3,(H,19,21). The van der Waals surface area contributed by atoms with Gasteiger partial charge in [0.2, 0.25) is 0 Å². The van der Waals surface area contributed by atoms with Crippen LogP contribution in [0, 0.1) is 0 Å². The zero-order valence-corrected chi connectivity index (χ0v) is 13.9. The Hall–Kier alpha value is -1.69. The molecule has 0 radical (unpaired) electrons. The van der Waals surface area contributed by atoms with Gasteiger partial charge in [0.1, 0.15) is 0 Å². The number of aliphatic hydroxyl groups excluding tert-OH is 1. The van der Waals surface area contributed by atoms with Crippen LogP contribution >= 0.6 is 11.3 Å². The minimum atomic E-state index is -0.554. The number of amides is 1. The van der Waals surface area contributed by atoms with Gasteiger partial charge >= 0.3 is 0 Å². The van der Waals surface area contributed by atoms with Crippen molar-refractivity contribution < 1.29 is 14.6 Å². The normalized spacial score (nSPS) is 19.7. The van der Waals surface area contributed by atoms with Crippen molar-refractivity contribution in [1.29, 1.82) is 0 Å². The summed E-state index contributed by atoms with van der Waals surface area (Å²) in [7, 11) is 0. The molecule has 0 spiro atoms. The second-order valence-corrected chi connectivity index (χ2v) is 6.86. The third-order valence-electron chi connectivity index (χ3n) is 4.07. The maximum atomic E-state index is 12.5. The molecule has 2 N–H and O–H groups in total. The number of rotatable bonds is 5. The minimum Gasteiger partial charge on any atom is -0.387 e. The molecule has 1 amide bonds.